The van der Waals surface area contributed by atoms with Crippen LogP contribution in [0.2, 0.25) is 4.34 Å². The first kappa shape index (κ1) is 10.6. The maximum absolute atomic E-state index is 11.7. The summed E-state index contributed by atoms with van der Waals surface area (Å²) in [5.41, 5.74) is 1.06. The number of pyridine rings is 1. The molecule has 3 rings (SSSR count). The predicted octanol–water partition coefficient (Wildman–Crippen LogP) is 2.75. The van der Waals surface area contributed by atoms with E-state index in [-0.39, 0.29) is 0 Å². The molecular formula is C11H7ClN2O2S. The smallest absolute Gasteiger partial charge is 0.406 e. The first-order valence-corrected chi connectivity index (χ1v) is 6.12. The van der Waals surface area contributed by atoms with Gasteiger partial charge in [-0.05, 0) is 24.3 Å². The minimum atomic E-state index is -0.400. The fraction of sp³-hybridized carbons (Fsp3) is 0.0909. The van der Waals surface area contributed by atoms with Gasteiger partial charge in [0.2, 0.25) is 0 Å². The van der Waals surface area contributed by atoms with Gasteiger partial charge in [-0.15, -0.1) is 11.3 Å². The largest absolute Gasteiger partial charge is 0.421 e. The molecule has 6 heteroatoms. The van der Waals surface area contributed by atoms with Crippen LogP contribution < -0.4 is 5.76 Å². The highest BCUT2D eigenvalue weighted by molar-refractivity contribution is 7.16. The van der Waals surface area contributed by atoms with Gasteiger partial charge in [-0.2, -0.15) is 0 Å². The lowest BCUT2D eigenvalue weighted by atomic mass is 10.4. The third-order valence-corrected chi connectivity index (χ3v) is 3.58. The van der Waals surface area contributed by atoms with Gasteiger partial charge in [0.15, 0.2) is 11.2 Å². The third kappa shape index (κ3) is 1.87. The second-order valence-corrected chi connectivity index (χ2v) is 5.28. The SMILES string of the molecule is O=c1oc2cccnc2n1Cc1ccc(Cl)s1. The lowest BCUT2D eigenvalue weighted by Crippen LogP contribution is -2.14. The van der Waals surface area contributed by atoms with E-state index in [1.165, 1.54) is 15.9 Å². The van der Waals surface area contributed by atoms with Crippen molar-refractivity contribution >= 4 is 34.2 Å². The van der Waals surface area contributed by atoms with Gasteiger partial charge < -0.3 is 4.42 Å². The maximum atomic E-state index is 11.7. The average Bonchev–Trinajstić information content (AvgIpc) is 2.85. The summed E-state index contributed by atoms with van der Waals surface area (Å²) < 4.78 is 7.29. The quantitative estimate of drug-likeness (QED) is 0.717. The second-order valence-electron chi connectivity index (χ2n) is 3.49. The standard InChI is InChI=1S/C11H7ClN2O2S/c12-9-4-3-7(17-9)6-14-10-8(16-11(14)15)2-1-5-13-10/h1-5H,6H2. The lowest BCUT2D eigenvalue weighted by Gasteiger charge is -1.97. The van der Waals surface area contributed by atoms with Crippen LogP contribution >= 0.6 is 22.9 Å². The van der Waals surface area contributed by atoms with Crippen LogP contribution in [0.1, 0.15) is 4.88 Å². The number of oxazole rings is 1. The van der Waals surface area contributed by atoms with Gasteiger partial charge in [0, 0.05) is 11.1 Å². The summed E-state index contributed by atoms with van der Waals surface area (Å²) >= 11 is 7.29. The van der Waals surface area contributed by atoms with Gasteiger partial charge in [0.05, 0.1) is 10.9 Å². The first-order valence-electron chi connectivity index (χ1n) is 4.92. The highest BCUT2D eigenvalue weighted by Crippen LogP contribution is 2.22. The number of aromatic nitrogens is 2. The summed E-state index contributed by atoms with van der Waals surface area (Å²) in [6.07, 6.45) is 1.63. The Morgan fingerprint density at radius 2 is 2.29 bits per heavy atom. The summed E-state index contributed by atoms with van der Waals surface area (Å²) in [5.74, 6) is -0.400. The number of rotatable bonds is 2. The van der Waals surface area contributed by atoms with Crippen LogP contribution in [0.5, 0.6) is 0 Å². The molecule has 3 aromatic heterocycles. The molecule has 0 unspecified atom stereocenters. The summed E-state index contributed by atoms with van der Waals surface area (Å²) in [4.78, 5) is 16.8. The van der Waals surface area contributed by atoms with Crippen LogP contribution in [0.3, 0.4) is 0 Å². The van der Waals surface area contributed by atoms with E-state index in [0.717, 1.165) is 4.88 Å². The van der Waals surface area contributed by atoms with Crippen LogP contribution in [0.25, 0.3) is 11.2 Å². The monoisotopic (exact) mass is 266 g/mol. The van der Waals surface area contributed by atoms with Crippen molar-refractivity contribution in [1.82, 2.24) is 9.55 Å². The molecule has 0 amide bonds. The van der Waals surface area contributed by atoms with E-state index in [4.69, 9.17) is 16.0 Å². The fourth-order valence-electron chi connectivity index (χ4n) is 1.63. The highest BCUT2D eigenvalue weighted by atomic mass is 35.5. The molecule has 0 aliphatic carbocycles. The van der Waals surface area contributed by atoms with Crippen molar-refractivity contribution in [3.05, 3.63) is 50.2 Å². The second kappa shape index (κ2) is 4.01. The predicted molar refractivity (Wildman–Crippen MR) is 66.7 cm³/mol. The summed E-state index contributed by atoms with van der Waals surface area (Å²) in [6, 6.07) is 7.16. The molecule has 0 radical (unpaired) electrons. The molecule has 0 aliphatic rings. The summed E-state index contributed by atoms with van der Waals surface area (Å²) in [5, 5.41) is 0. The van der Waals surface area contributed by atoms with Gasteiger partial charge in [-0.1, -0.05) is 11.6 Å². The Bertz CT molecular complexity index is 728. The molecule has 0 bridgehead atoms. The Morgan fingerprint density at radius 3 is 3.06 bits per heavy atom. The van der Waals surface area contributed by atoms with E-state index < -0.39 is 5.76 Å². The molecule has 3 heterocycles. The molecular weight excluding hydrogens is 260 g/mol. The Hall–Kier alpha value is -1.59. The van der Waals surface area contributed by atoms with Crippen LogP contribution in [0.15, 0.2) is 39.7 Å². The minimum absolute atomic E-state index is 0.400. The molecule has 0 aromatic carbocycles. The zero-order valence-corrected chi connectivity index (χ0v) is 10.2. The Morgan fingerprint density at radius 1 is 1.41 bits per heavy atom. The summed E-state index contributed by atoms with van der Waals surface area (Å²) in [6.45, 7) is 0.431. The molecule has 0 N–H and O–H groups in total. The minimum Gasteiger partial charge on any atom is -0.406 e. The lowest BCUT2D eigenvalue weighted by molar-refractivity contribution is 0.518. The first-order chi connectivity index (χ1) is 8.24. The van der Waals surface area contributed by atoms with E-state index in [1.807, 2.05) is 12.1 Å². The molecule has 3 aromatic rings. The van der Waals surface area contributed by atoms with Crippen molar-refractivity contribution in [2.24, 2.45) is 0 Å². The fourth-order valence-corrected chi connectivity index (χ4v) is 2.71. The summed E-state index contributed by atoms with van der Waals surface area (Å²) in [7, 11) is 0. The molecule has 4 nitrogen and oxygen atoms in total. The van der Waals surface area contributed by atoms with E-state index in [2.05, 4.69) is 4.98 Å². The van der Waals surface area contributed by atoms with Crippen LogP contribution in [-0.2, 0) is 6.54 Å². The molecule has 0 spiro atoms. The van der Waals surface area contributed by atoms with E-state index in [9.17, 15) is 4.79 Å². The van der Waals surface area contributed by atoms with Gasteiger partial charge in [0.25, 0.3) is 0 Å². The van der Waals surface area contributed by atoms with E-state index in [0.29, 0.717) is 22.1 Å². The van der Waals surface area contributed by atoms with Crippen LogP contribution in [0, 0.1) is 0 Å². The molecule has 17 heavy (non-hydrogen) atoms. The number of hydrogen-bond acceptors (Lipinski definition) is 4. The topological polar surface area (TPSA) is 48.0 Å². The molecule has 86 valence electrons. The van der Waals surface area contributed by atoms with Crippen molar-refractivity contribution in [2.45, 2.75) is 6.54 Å². The third-order valence-electron chi connectivity index (χ3n) is 2.37. The normalized spacial score (nSPS) is 11.1. The van der Waals surface area contributed by atoms with Gasteiger partial charge in [-0.25, -0.2) is 9.78 Å². The van der Waals surface area contributed by atoms with Crippen molar-refractivity contribution in [3.63, 3.8) is 0 Å². The number of thiophene rings is 1. The van der Waals surface area contributed by atoms with Gasteiger partial charge in [-0.3, -0.25) is 4.57 Å². The van der Waals surface area contributed by atoms with Crippen LogP contribution in [0.4, 0.5) is 0 Å². The Balaban J connectivity index is 2.11. The number of fused-ring (bicyclic) bond motifs is 1. The van der Waals surface area contributed by atoms with Crippen molar-refractivity contribution in [3.8, 4) is 0 Å². The zero-order chi connectivity index (χ0) is 11.8. The Kier molecular flexibility index (Phi) is 2.49. The average molecular weight is 267 g/mol. The number of nitrogens with zero attached hydrogens (tertiary/aromatic N) is 2. The van der Waals surface area contributed by atoms with Crippen molar-refractivity contribution in [2.75, 3.05) is 0 Å². The highest BCUT2D eigenvalue weighted by Gasteiger charge is 2.10. The van der Waals surface area contributed by atoms with Crippen molar-refractivity contribution < 1.29 is 4.42 Å². The molecule has 0 saturated heterocycles. The van der Waals surface area contributed by atoms with Gasteiger partial charge in [0.1, 0.15) is 0 Å². The van der Waals surface area contributed by atoms with Crippen LogP contribution in [-0.4, -0.2) is 9.55 Å². The van der Waals surface area contributed by atoms with E-state index in [1.54, 1.807) is 18.3 Å². The van der Waals surface area contributed by atoms with Gasteiger partial charge >= 0.3 is 5.76 Å². The molecule has 0 fully saturated rings. The molecule has 0 atom stereocenters. The maximum Gasteiger partial charge on any atom is 0.421 e. The number of hydrogen-bond donors (Lipinski definition) is 0. The zero-order valence-electron chi connectivity index (χ0n) is 8.59. The number of halogens is 1. The molecule has 0 saturated carbocycles. The van der Waals surface area contributed by atoms with Crippen molar-refractivity contribution in [1.29, 1.82) is 0 Å². The Labute approximate surface area is 105 Å². The van der Waals surface area contributed by atoms with E-state index >= 15 is 0 Å². The molecule has 0 aliphatic heterocycles.